The molecule has 0 aliphatic heterocycles. The second-order valence-electron chi connectivity index (χ2n) is 8.49. The van der Waals surface area contributed by atoms with Gasteiger partial charge in [-0.05, 0) is 70.9 Å². The van der Waals surface area contributed by atoms with Crippen molar-refractivity contribution in [1.82, 2.24) is 5.43 Å². The van der Waals surface area contributed by atoms with Crippen molar-refractivity contribution in [3.8, 4) is 5.75 Å². The van der Waals surface area contributed by atoms with E-state index in [0.29, 0.717) is 12.4 Å². The van der Waals surface area contributed by atoms with E-state index in [4.69, 9.17) is 4.74 Å². The minimum absolute atomic E-state index is 0.0528. The van der Waals surface area contributed by atoms with E-state index >= 15 is 0 Å². The largest absolute Gasteiger partial charge is 0.494 e. The highest BCUT2D eigenvalue weighted by Gasteiger charge is 2.19. The Morgan fingerprint density at radius 3 is 2.11 bits per heavy atom. The maximum Gasteiger partial charge on any atom is 0.273 e. The van der Waals surface area contributed by atoms with Gasteiger partial charge in [-0.1, -0.05) is 60.7 Å². The molecule has 7 nitrogen and oxygen atoms in total. The number of para-hydroxylation sites is 1. The minimum Gasteiger partial charge on any atom is -0.494 e. The molecule has 2 N–H and O–H groups in total. The normalized spacial score (nSPS) is 11.6. The summed E-state index contributed by atoms with van der Waals surface area (Å²) in [5.41, 5.74) is 3.71. The van der Waals surface area contributed by atoms with E-state index in [9.17, 15) is 13.2 Å². The van der Waals surface area contributed by atoms with Gasteiger partial charge in [0.15, 0.2) is 0 Å². The fraction of sp³-hybridized carbons (Fsp3) is 0.0667. The number of ether oxygens (including phenoxy) is 1. The van der Waals surface area contributed by atoms with Gasteiger partial charge in [0.1, 0.15) is 5.75 Å². The summed E-state index contributed by atoms with van der Waals surface area (Å²) in [4.78, 5) is 13.1. The monoisotopic (exact) mass is 523 g/mol. The highest BCUT2D eigenvalue weighted by Crippen LogP contribution is 2.27. The number of carbonyl (C=O) groups excluding carboxylic acids is 1. The molecule has 0 saturated carbocycles. The summed E-state index contributed by atoms with van der Waals surface area (Å²) in [7, 11) is -3.94. The van der Waals surface area contributed by atoms with Gasteiger partial charge in [0.25, 0.3) is 15.9 Å². The molecule has 5 aromatic rings. The van der Waals surface area contributed by atoms with Crippen molar-refractivity contribution < 1.29 is 17.9 Å². The maximum absolute atomic E-state index is 13.0. The fourth-order valence-electron chi connectivity index (χ4n) is 4.26. The van der Waals surface area contributed by atoms with Crippen LogP contribution in [0.25, 0.3) is 21.5 Å². The number of nitrogens with one attached hydrogen (secondary N) is 2. The zero-order valence-electron chi connectivity index (χ0n) is 20.6. The molecule has 5 rings (SSSR count). The number of sulfonamides is 1. The minimum atomic E-state index is -3.94. The second-order valence-corrected chi connectivity index (χ2v) is 10.2. The van der Waals surface area contributed by atoms with Crippen molar-refractivity contribution in [3.05, 3.63) is 114 Å². The first-order valence-electron chi connectivity index (χ1n) is 12.0. The summed E-state index contributed by atoms with van der Waals surface area (Å²) in [6, 6.07) is 30.5. The molecule has 0 aliphatic rings. The van der Waals surface area contributed by atoms with Crippen molar-refractivity contribution in [2.75, 3.05) is 11.3 Å². The third kappa shape index (κ3) is 5.21. The molecule has 0 aliphatic carbocycles. The topological polar surface area (TPSA) is 96.9 Å². The van der Waals surface area contributed by atoms with E-state index in [1.54, 1.807) is 30.5 Å². The third-order valence-corrected chi connectivity index (χ3v) is 7.42. The molecule has 0 bridgehead atoms. The van der Waals surface area contributed by atoms with Crippen LogP contribution in [0.3, 0.4) is 0 Å². The summed E-state index contributed by atoms with van der Waals surface area (Å²) >= 11 is 0. The number of carbonyl (C=O) groups is 1. The summed E-state index contributed by atoms with van der Waals surface area (Å²) in [6.45, 7) is 2.33. The molecule has 0 spiro atoms. The highest BCUT2D eigenvalue weighted by atomic mass is 32.2. The molecular formula is C30H25N3O4S. The van der Waals surface area contributed by atoms with Gasteiger partial charge in [-0.25, -0.2) is 13.8 Å². The molecular weight excluding hydrogens is 498 g/mol. The number of rotatable bonds is 8. The van der Waals surface area contributed by atoms with Gasteiger partial charge in [0, 0.05) is 5.56 Å². The molecule has 0 atom stereocenters. The molecule has 0 saturated heterocycles. The van der Waals surface area contributed by atoms with Crippen LogP contribution < -0.4 is 14.9 Å². The van der Waals surface area contributed by atoms with Crippen molar-refractivity contribution in [1.29, 1.82) is 0 Å². The fourth-order valence-corrected chi connectivity index (χ4v) is 5.34. The zero-order chi connectivity index (χ0) is 26.5. The summed E-state index contributed by atoms with van der Waals surface area (Å²) in [6.07, 6.45) is 1.62. The predicted octanol–water partition coefficient (Wildman–Crippen LogP) is 5.96. The SMILES string of the molecule is CCOc1ccc(S(=O)(=O)Nc2ccccc2C(=O)N/N=C/c2c3ccccc3cc3ccccc23)cc1. The van der Waals surface area contributed by atoms with Gasteiger partial charge in [-0.3, -0.25) is 9.52 Å². The van der Waals surface area contributed by atoms with Gasteiger partial charge in [0.2, 0.25) is 0 Å². The van der Waals surface area contributed by atoms with Crippen LogP contribution in [-0.2, 0) is 10.0 Å². The number of fused-ring (bicyclic) bond motifs is 2. The van der Waals surface area contributed by atoms with E-state index in [2.05, 4.69) is 21.3 Å². The summed E-state index contributed by atoms with van der Waals surface area (Å²) in [5.74, 6) is 0.0267. The van der Waals surface area contributed by atoms with E-state index in [0.717, 1.165) is 27.1 Å². The van der Waals surface area contributed by atoms with Crippen LogP contribution in [-0.4, -0.2) is 27.1 Å². The van der Waals surface area contributed by atoms with Crippen molar-refractivity contribution in [3.63, 3.8) is 0 Å². The Bertz CT molecular complexity index is 1710. The third-order valence-electron chi connectivity index (χ3n) is 6.03. The van der Waals surface area contributed by atoms with E-state index in [-0.39, 0.29) is 16.1 Å². The van der Waals surface area contributed by atoms with Crippen molar-refractivity contribution >= 4 is 49.4 Å². The molecule has 0 radical (unpaired) electrons. The Labute approximate surface area is 220 Å². The number of amides is 1. The maximum atomic E-state index is 13.0. The van der Waals surface area contributed by atoms with Crippen LogP contribution in [0.2, 0.25) is 0 Å². The van der Waals surface area contributed by atoms with Gasteiger partial charge in [0.05, 0.1) is 29.0 Å². The van der Waals surface area contributed by atoms with Gasteiger partial charge < -0.3 is 4.74 Å². The Kier molecular flexibility index (Phi) is 7.06. The van der Waals surface area contributed by atoms with Crippen LogP contribution in [0.1, 0.15) is 22.8 Å². The number of hydrogen-bond acceptors (Lipinski definition) is 5. The Morgan fingerprint density at radius 2 is 1.45 bits per heavy atom. The van der Waals surface area contributed by atoms with Gasteiger partial charge in [-0.2, -0.15) is 5.10 Å². The molecule has 0 aromatic heterocycles. The first-order chi connectivity index (χ1) is 18.5. The van der Waals surface area contributed by atoms with Crippen LogP contribution in [0, 0.1) is 0 Å². The van der Waals surface area contributed by atoms with E-state index in [1.165, 1.54) is 24.3 Å². The highest BCUT2D eigenvalue weighted by molar-refractivity contribution is 7.92. The Hall–Kier alpha value is -4.69. The zero-order valence-corrected chi connectivity index (χ0v) is 21.4. The molecule has 190 valence electrons. The molecule has 0 heterocycles. The summed E-state index contributed by atoms with van der Waals surface area (Å²) in [5, 5.41) is 8.37. The number of anilines is 1. The first-order valence-corrected chi connectivity index (χ1v) is 13.5. The first kappa shape index (κ1) is 25.0. The molecule has 8 heteroatoms. The molecule has 38 heavy (non-hydrogen) atoms. The quantitative estimate of drug-likeness (QED) is 0.149. The number of hydrogen-bond donors (Lipinski definition) is 2. The number of benzene rings is 5. The second kappa shape index (κ2) is 10.7. The van der Waals surface area contributed by atoms with Crippen molar-refractivity contribution in [2.24, 2.45) is 5.10 Å². The average molecular weight is 524 g/mol. The molecule has 0 unspecified atom stereocenters. The average Bonchev–Trinajstić information content (AvgIpc) is 2.93. The van der Waals surface area contributed by atoms with Crippen LogP contribution in [0.15, 0.2) is 113 Å². The van der Waals surface area contributed by atoms with Crippen LogP contribution in [0.5, 0.6) is 5.75 Å². The lowest BCUT2D eigenvalue weighted by Crippen LogP contribution is -2.21. The predicted molar refractivity (Wildman–Crippen MR) is 151 cm³/mol. The molecule has 5 aromatic carbocycles. The van der Waals surface area contributed by atoms with Gasteiger partial charge in [-0.15, -0.1) is 0 Å². The summed E-state index contributed by atoms with van der Waals surface area (Å²) < 4.78 is 33.8. The smallest absolute Gasteiger partial charge is 0.273 e. The van der Waals surface area contributed by atoms with Gasteiger partial charge >= 0.3 is 0 Å². The Balaban J connectivity index is 1.39. The number of hydrazone groups is 1. The van der Waals surface area contributed by atoms with Crippen LogP contribution >= 0.6 is 0 Å². The van der Waals surface area contributed by atoms with E-state index in [1.807, 2.05) is 55.5 Å². The lowest BCUT2D eigenvalue weighted by atomic mass is 9.97. The lowest BCUT2D eigenvalue weighted by molar-refractivity contribution is 0.0956. The molecule has 0 fully saturated rings. The Morgan fingerprint density at radius 1 is 0.842 bits per heavy atom. The van der Waals surface area contributed by atoms with Crippen molar-refractivity contribution in [2.45, 2.75) is 11.8 Å². The molecule has 1 amide bonds. The number of nitrogens with zero attached hydrogens (tertiary/aromatic N) is 1. The lowest BCUT2D eigenvalue weighted by Gasteiger charge is -2.12. The van der Waals surface area contributed by atoms with E-state index < -0.39 is 15.9 Å². The standard InChI is InChI=1S/C30H25N3O4S/c1-2-37-23-15-17-24(18-16-23)38(35,36)33-29-14-8-7-13-27(29)30(34)32-31-20-28-25-11-5-3-9-21(25)19-22-10-4-6-12-26(22)28/h3-20,33H,2H2,1H3,(H,32,34)/b31-20+. The van der Waals surface area contributed by atoms with Crippen LogP contribution in [0.4, 0.5) is 5.69 Å².